The zero-order valence-corrected chi connectivity index (χ0v) is 12.3. The second-order valence-corrected chi connectivity index (χ2v) is 5.36. The minimum atomic E-state index is 0.257. The maximum atomic E-state index is 5.97. The molecule has 0 bridgehead atoms. The summed E-state index contributed by atoms with van der Waals surface area (Å²) >= 11 is 5.86. The standard InChI is InChI=1S/C15H24ClNO/c1-4-9-17-10-15(12(2)3)18-11-13-5-7-14(16)8-6-13/h5-8,12,15,17H,4,9-11H2,1-3H3. The van der Waals surface area contributed by atoms with Gasteiger partial charge in [0.2, 0.25) is 0 Å². The zero-order valence-electron chi connectivity index (χ0n) is 11.6. The average Bonchev–Trinajstić information content (AvgIpc) is 2.35. The van der Waals surface area contributed by atoms with E-state index in [9.17, 15) is 0 Å². The van der Waals surface area contributed by atoms with Crippen molar-refractivity contribution in [3.63, 3.8) is 0 Å². The topological polar surface area (TPSA) is 21.3 Å². The fourth-order valence-corrected chi connectivity index (χ4v) is 1.82. The van der Waals surface area contributed by atoms with Crippen molar-refractivity contribution in [3.8, 4) is 0 Å². The third-order valence-corrected chi connectivity index (χ3v) is 3.15. The Bertz CT molecular complexity index is 324. The highest BCUT2D eigenvalue weighted by Crippen LogP contribution is 2.13. The van der Waals surface area contributed by atoms with Gasteiger partial charge in [-0.05, 0) is 36.6 Å². The molecule has 1 rings (SSSR count). The molecule has 0 saturated carbocycles. The van der Waals surface area contributed by atoms with Gasteiger partial charge in [0.1, 0.15) is 0 Å². The maximum absolute atomic E-state index is 5.97. The van der Waals surface area contributed by atoms with Crippen LogP contribution in [0.3, 0.4) is 0 Å². The van der Waals surface area contributed by atoms with Crippen molar-refractivity contribution in [2.75, 3.05) is 13.1 Å². The molecule has 0 aliphatic heterocycles. The number of hydrogen-bond donors (Lipinski definition) is 1. The molecule has 0 aliphatic rings. The summed E-state index contributed by atoms with van der Waals surface area (Å²) in [4.78, 5) is 0. The molecule has 0 aliphatic carbocycles. The molecule has 0 fully saturated rings. The van der Waals surface area contributed by atoms with Gasteiger partial charge in [0.15, 0.2) is 0 Å². The Morgan fingerprint density at radius 1 is 1.22 bits per heavy atom. The fourth-order valence-electron chi connectivity index (χ4n) is 1.69. The van der Waals surface area contributed by atoms with E-state index < -0.39 is 0 Å². The molecule has 0 amide bonds. The second kappa shape index (κ2) is 8.52. The predicted molar refractivity (Wildman–Crippen MR) is 78.0 cm³/mol. The number of hydrogen-bond acceptors (Lipinski definition) is 2. The van der Waals surface area contributed by atoms with E-state index in [1.807, 2.05) is 24.3 Å². The molecule has 18 heavy (non-hydrogen) atoms. The zero-order chi connectivity index (χ0) is 13.4. The molecule has 0 heterocycles. The molecular weight excluding hydrogens is 246 g/mol. The predicted octanol–water partition coefficient (Wildman–Crippen LogP) is 3.88. The summed E-state index contributed by atoms with van der Waals surface area (Å²) in [5, 5.41) is 4.18. The molecule has 1 atom stereocenters. The molecule has 1 N–H and O–H groups in total. The van der Waals surface area contributed by atoms with Crippen LogP contribution in [0.1, 0.15) is 32.8 Å². The van der Waals surface area contributed by atoms with Gasteiger partial charge in [-0.1, -0.05) is 44.5 Å². The molecule has 102 valence electrons. The first kappa shape index (κ1) is 15.5. The lowest BCUT2D eigenvalue weighted by Gasteiger charge is -2.22. The lowest BCUT2D eigenvalue weighted by molar-refractivity contribution is 0.0115. The first-order valence-electron chi connectivity index (χ1n) is 6.70. The highest BCUT2D eigenvalue weighted by atomic mass is 35.5. The van der Waals surface area contributed by atoms with E-state index in [2.05, 4.69) is 26.1 Å². The van der Waals surface area contributed by atoms with Crippen LogP contribution in [-0.4, -0.2) is 19.2 Å². The normalized spacial score (nSPS) is 12.9. The van der Waals surface area contributed by atoms with Gasteiger partial charge in [-0.25, -0.2) is 0 Å². The number of ether oxygens (including phenoxy) is 1. The Morgan fingerprint density at radius 3 is 2.44 bits per heavy atom. The monoisotopic (exact) mass is 269 g/mol. The smallest absolute Gasteiger partial charge is 0.0726 e. The van der Waals surface area contributed by atoms with E-state index in [0.29, 0.717) is 12.5 Å². The van der Waals surface area contributed by atoms with Crippen LogP contribution in [0, 0.1) is 5.92 Å². The molecule has 0 aromatic heterocycles. The first-order chi connectivity index (χ1) is 8.63. The lowest BCUT2D eigenvalue weighted by atomic mass is 10.1. The third-order valence-electron chi connectivity index (χ3n) is 2.89. The van der Waals surface area contributed by atoms with Gasteiger partial charge < -0.3 is 10.1 Å². The minimum Gasteiger partial charge on any atom is -0.372 e. The van der Waals surface area contributed by atoms with Crippen LogP contribution in [-0.2, 0) is 11.3 Å². The SMILES string of the molecule is CCCNCC(OCc1ccc(Cl)cc1)C(C)C. The van der Waals surface area contributed by atoms with Gasteiger partial charge in [-0.2, -0.15) is 0 Å². The summed E-state index contributed by atoms with van der Waals surface area (Å²) in [5.74, 6) is 0.515. The number of halogens is 1. The van der Waals surface area contributed by atoms with Gasteiger partial charge in [0, 0.05) is 11.6 Å². The lowest BCUT2D eigenvalue weighted by Crippen LogP contribution is -2.33. The van der Waals surface area contributed by atoms with Crippen molar-refractivity contribution in [2.45, 2.75) is 39.9 Å². The third kappa shape index (κ3) is 5.85. The summed E-state index contributed by atoms with van der Waals surface area (Å²) in [6.45, 7) is 9.17. The van der Waals surface area contributed by atoms with Gasteiger partial charge in [-0.15, -0.1) is 0 Å². The van der Waals surface area contributed by atoms with Crippen molar-refractivity contribution in [3.05, 3.63) is 34.9 Å². The van der Waals surface area contributed by atoms with E-state index in [-0.39, 0.29) is 6.10 Å². The molecule has 1 aromatic rings. The van der Waals surface area contributed by atoms with Crippen LogP contribution in [0.5, 0.6) is 0 Å². The largest absolute Gasteiger partial charge is 0.372 e. The molecule has 0 radical (unpaired) electrons. The van der Waals surface area contributed by atoms with E-state index >= 15 is 0 Å². The van der Waals surface area contributed by atoms with E-state index in [1.54, 1.807) is 0 Å². The number of benzene rings is 1. The molecule has 1 unspecified atom stereocenters. The summed E-state index contributed by atoms with van der Waals surface area (Å²) in [5.41, 5.74) is 1.17. The van der Waals surface area contributed by atoms with E-state index in [1.165, 1.54) is 5.56 Å². The van der Waals surface area contributed by atoms with Crippen LogP contribution in [0.4, 0.5) is 0 Å². The van der Waals surface area contributed by atoms with Crippen molar-refractivity contribution >= 4 is 11.6 Å². The van der Waals surface area contributed by atoms with Crippen LogP contribution in [0.15, 0.2) is 24.3 Å². The van der Waals surface area contributed by atoms with Crippen molar-refractivity contribution in [1.29, 1.82) is 0 Å². The molecular formula is C15H24ClNO. The molecule has 3 heteroatoms. The molecule has 0 saturated heterocycles. The quantitative estimate of drug-likeness (QED) is 0.723. The number of nitrogens with one attached hydrogen (secondary N) is 1. The molecule has 0 spiro atoms. The summed E-state index contributed by atoms with van der Waals surface area (Å²) < 4.78 is 5.97. The van der Waals surface area contributed by atoms with Crippen molar-refractivity contribution in [1.82, 2.24) is 5.32 Å². The van der Waals surface area contributed by atoms with Crippen molar-refractivity contribution < 1.29 is 4.74 Å². The van der Waals surface area contributed by atoms with Crippen LogP contribution < -0.4 is 5.32 Å². The van der Waals surface area contributed by atoms with E-state index in [0.717, 1.165) is 24.5 Å². The Balaban J connectivity index is 2.39. The summed E-state index contributed by atoms with van der Waals surface area (Å²) in [6.07, 6.45) is 1.41. The second-order valence-electron chi connectivity index (χ2n) is 4.92. The van der Waals surface area contributed by atoms with Crippen LogP contribution >= 0.6 is 11.6 Å². The van der Waals surface area contributed by atoms with Crippen LogP contribution in [0.2, 0.25) is 5.02 Å². The maximum Gasteiger partial charge on any atom is 0.0726 e. The van der Waals surface area contributed by atoms with Crippen molar-refractivity contribution in [2.24, 2.45) is 5.92 Å². The minimum absolute atomic E-state index is 0.257. The van der Waals surface area contributed by atoms with Gasteiger partial charge in [-0.3, -0.25) is 0 Å². The van der Waals surface area contributed by atoms with Gasteiger partial charge in [0.05, 0.1) is 12.7 Å². The van der Waals surface area contributed by atoms with Crippen LogP contribution in [0.25, 0.3) is 0 Å². The molecule has 2 nitrogen and oxygen atoms in total. The fraction of sp³-hybridized carbons (Fsp3) is 0.600. The Hall–Kier alpha value is -0.570. The Kier molecular flexibility index (Phi) is 7.33. The van der Waals surface area contributed by atoms with E-state index in [4.69, 9.17) is 16.3 Å². The van der Waals surface area contributed by atoms with Gasteiger partial charge >= 0.3 is 0 Å². The first-order valence-corrected chi connectivity index (χ1v) is 7.08. The summed E-state index contributed by atoms with van der Waals surface area (Å²) in [6, 6.07) is 7.83. The molecule has 1 aromatic carbocycles. The number of rotatable bonds is 8. The average molecular weight is 270 g/mol. The Labute approximate surface area is 116 Å². The highest BCUT2D eigenvalue weighted by Gasteiger charge is 2.13. The van der Waals surface area contributed by atoms with Gasteiger partial charge in [0.25, 0.3) is 0 Å². The highest BCUT2D eigenvalue weighted by molar-refractivity contribution is 6.30. The Morgan fingerprint density at radius 2 is 1.89 bits per heavy atom. The summed E-state index contributed by atoms with van der Waals surface area (Å²) in [7, 11) is 0.